The van der Waals surface area contributed by atoms with Gasteiger partial charge in [-0.3, -0.25) is 19.6 Å². The molecule has 4 rings (SSSR count). The van der Waals surface area contributed by atoms with Crippen LogP contribution in [0.1, 0.15) is 41.4 Å². The van der Waals surface area contributed by atoms with Gasteiger partial charge in [0.05, 0.1) is 26.4 Å². The number of hydrogen-bond donors (Lipinski definition) is 0. The summed E-state index contributed by atoms with van der Waals surface area (Å²) in [6.07, 6.45) is 4.85. The van der Waals surface area contributed by atoms with Gasteiger partial charge in [0.1, 0.15) is 11.4 Å². The molecule has 160 valence electrons. The number of rotatable bonds is 9. The van der Waals surface area contributed by atoms with Crippen LogP contribution < -0.4 is 4.74 Å². The molecule has 6 heteroatoms. The van der Waals surface area contributed by atoms with Crippen molar-refractivity contribution in [2.45, 2.75) is 25.3 Å². The highest BCUT2D eigenvalue weighted by molar-refractivity contribution is 5.95. The van der Waals surface area contributed by atoms with Crippen LogP contribution in [-0.4, -0.2) is 73.1 Å². The highest BCUT2D eigenvalue weighted by Crippen LogP contribution is 2.33. The molecule has 2 saturated heterocycles. The van der Waals surface area contributed by atoms with Crippen molar-refractivity contribution >= 4 is 5.78 Å². The van der Waals surface area contributed by atoms with Crippen molar-refractivity contribution < 1.29 is 14.3 Å². The lowest BCUT2D eigenvalue weighted by Crippen LogP contribution is -2.37. The van der Waals surface area contributed by atoms with Crippen LogP contribution in [0.15, 0.2) is 48.7 Å². The van der Waals surface area contributed by atoms with E-state index < -0.39 is 0 Å². The third-order valence-electron chi connectivity index (χ3n) is 5.89. The topological polar surface area (TPSA) is 54.9 Å². The Morgan fingerprint density at radius 3 is 2.87 bits per heavy atom. The lowest BCUT2D eigenvalue weighted by Gasteiger charge is -2.26. The Labute approximate surface area is 178 Å². The predicted octanol–water partition coefficient (Wildman–Crippen LogP) is 3.20. The van der Waals surface area contributed by atoms with E-state index in [1.165, 1.54) is 5.56 Å². The van der Waals surface area contributed by atoms with Crippen LogP contribution in [0.4, 0.5) is 0 Å². The number of aromatic nitrogens is 1. The number of ether oxygens (including phenoxy) is 2. The van der Waals surface area contributed by atoms with E-state index >= 15 is 0 Å². The van der Waals surface area contributed by atoms with Gasteiger partial charge in [-0.05, 0) is 55.6 Å². The molecule has 0 bridgehead atoms. The summed E-state index contributed by atoms with van der Waals surface area (Å²) in [6, 6.07) is 14.1. The lowest BCUT2D eigenvalue weighted by atomic mass is 10.0. The molecule has 1 aromatic carbocycles. The zero-order valence-corrected chi connectivity index (χ0v) is 17.5. The van der Waals surface area contributed by atoms with Gasteiger partial charge < -0.3 is 9.47 Å². The number of Topliss-reactive ketones (excluding diaryl/α,β-unsaturated/α-hetero) is 1. The van der Waals surface area contributed by atoms with E-state index in [0.29, 0.717) is 18.8 Å². The van der Waals surface area contributed by atoms with Crippen molar-refractivity contribution in [3.63, 3.8) is 0 Å². The average molecular weight is 410 g/mol. The Morgan fingerprint density at radius 2 is 2.03 bits per heavy atom. The van der Waals surface area contributed by atoms with Crippen LogP contribution in [-0.2, 0) is 4.74 Å². The Bertz CT molecular complexity index is 808. The number of carbonyl (C=O) groups excluding carboxylic acids is 1. The van der Waals surface area contributed by atoms with E-state index in [0.717, 1.165) is 64.4 Å². The molecule has 30 heavy (non-hydrogen) atoms. The normalized spacial score (nSPS) is 20.3. The number of ketones is 1. The maximum Gasteiger partial charge on any atom is 0.195 e. The number of carbonyl (C=O) groups is 1. The minimum Gasteiger partial charge on any atom is -0.494 e. The van der Waals surface area contributed by atoms with Crippen LogP contribution >= 0.6 is 0 Å². The first-order valence-corrected chi connectivity index (χ1v) is 11.0. The molecule has 0 radical (unpaired) electrons. The van der Waals surface area contributed by atoms with Gasteiger partial charge in [0.15, 0.2) is 5.78 Å². The second-order valence-electron chi connectivity index (χ2n) is 8.00. The zero-order valence-electron chi connectivity index (χ0n) is 17.5. The number of benzene rings is 1. The third-order valence-corrected chi connectivity index (χ3v) is 5.89. The first-order valence-electron chi connectivity index (χ1n) is 11.0. The van der Waals surface area contributed by atoms with Crippen LogP contribution in [0.5, 0.6) is 5.75 Å². The Morgan fingerprint density at radius 1 is 1.13 bits per heavy atom. The Hall–Kier alpha value is -2.28. The molecule has 2 aliphatic heterocycles. The fourth-order valence-electron chi connectivity index (χ4n) is 4.30. The molecule has 0 spiro atoms. The molecule has 0 N–H and O–H groups in total. The highest BCUT2D eigenvalue weighted by atomic mass is 16.5. The summed E-state index contributed by atoms with van der Waals surface area (Å²) >= 11 is 0. The second-order valence-corrected chi connectivity index (χ2v) is 8.00. The summed E-state index contributed by atoms with van der Waals surface area (Å²) in [5.41, 5.74) is 1.77. The number of likely N-dealkylation sites (tertiary alicyclic amines) is 1. The van der Waals surface area contributed by atoms with Crippen LogP contribution in [0.2, 0.25) is 0 Å². The van der Waals surface area contributed by atoms with Crippen molar-refractivity contribution in [1.82, 2.24) is 14.8 Å². The SMILES string of the molecule is O=C(CN1CCCC1c1cccc(OCCCN2CCOCC2)c1)c1ccccn1. The molecule has 0 aliphatic carbocycles. The summed E-state index contributed by atoms with van der Waals surface area (Å²) in [6.45, 7) is 6.82. The zero-order chi connectivity index (χ0) is 20.6. The molecule has 0 saturated carbocycles. The van der Waals surface area contributed by atoms with Gasteiger partial charge in [-0.2, -0.15) is 0 Å². The van der Waals surface area contributed by atoms with Gasteiger partial charge in [0.2, 0.25) is 0 Å². The quantitative estimate of drug-likeness (QED) is 0.468. The van der Waals surface area contributed by atoms with Crippen LogP contribution in [0.3, 0.4) is 0 Å². The molecule has 1 atom stereocenters. The molecule has 2 aromatic rings. The van der Waals surface area contributed by atoms with Gasteiger partial charge in [0.25, 0.3) is 0 Å². The van der Waals surface area contributed by atoms with Gasteiger partial charge in [-0.25, -0.2) is 0 Å². The Kier molecular flexibility index (Phi) is 7.45. The molecule has 1 aromatic heterocycles. The van der Waals surface area contributed by atoms with Crippen molar-refractivity contribution in [1.29, 1.82) is 0 Å². The maximum absolute atomic E-state index is 12.6. The minimum atomic E-state index is 0.0815. The summed E-state index contributed by atoms with van der Waals surface area (Å²) in [7, 11) is 0. The third kappa shape index (κ3) is 5.65. The van der Waals surface area contributed by atoms with E-state index in [1.54, 1.807) is 12.3 Å². The molecular formula is C24H31N3O3. The summed E-state index contributed by atoms with van der Waals surface area (Å²) in [5, 5.41) is 0. The van der Waals surface area contributed by atoms with E-state index in [-0.39, 0.29) is 11.8 Å². The predicted molar refractivity (Wildman–Crippen MR) is 116 cm³/mol. The minimum absolute atomic E-state index is 0.0815. The smallest absolute Gasteiger partial charge is 0.195 e. The second kappa shape index (κ2) is 10.7. The molecule has 0 amide bonds. The van der Waals surface area contributed by atoms with E-state index in [2.05, 4.69) is 33.0 Å². The monoisotopic (exact) mass is 409 g/mol. The van der Waals surface area contributed by atoms with Gasteiger partial charge in [-0.1, -0.05) is 18.2 Å². The number of morpholine rings is 1. The largest absolute Gasteiger partial charge is 0.494 e. The van der Waals surface area contributed by atoms with Gasteiger partial charge in [-0.15, -0.1) is 0 Å². The van der Waals surface area contributed by atoms with Crippen molar-refractivity contribution in [2.75, 3.05) is 52.5 Å². The molecule has 6 nitrogen and oxygen atoms in total. The number of hydrogen-bond acceptors (Lipinski definition) is 6. The Balaban J connectivity index is 1.30. The standard InChI is InChI=1S/C24H31N3O3/c28-24(22-8-1-2-10-25-22)19-27-12-4-9-23(27)20-6-3-7-21(18-20)30-15-5-11-26-13-16-29-17-14-26/h1-3,6-8,10,18,23H,4-5,9,11-17,19H2. The number of nitrogens with zero attached hydrogens (tertiary/aromatic N) is 3. The molecule has 3 heterocycles. The lowest BCUT2D eigenvalue weighted by molar-refractivity contribution is 0.0358. The maximum atomic E-state index is 12.6. The summed E-state index contributed by atoms with van der Waals surface area (Å²) < 4.78 is 11.4. The van der Waals surface area contributed by atoms with E-state index in [1.807, 2.05) is 18.2 Å². The first kappa shape index (κ1) is 21.0. The number of pyridine rings is 1. The average Bonchev–Trinajstić information content (AvgIpc) is 3.26. The molecule has 1 unspecified atom stereocenters. The fourth-order valence-corrected chi connectivity index (χ4v) is 4.30. The van der Waals surface area contributed by atoms with Crippen molar-refractivity contribution in [2.24, 2.45) is 0 Å². The fraction of sp³-hybridized carbons (Fsp3) is 0.500. The van der Waals surface area contributed by atoms with Crippen molar-refractivity contribution in [3.8, 4) is 5.75 Å². The van der Waals surface area contributed by atoms with Crippen molar-refractivity contribution in [3.05, 3.63) is 59.9 Å². The molecule has 2 aliphatic rings. The first-order chi connectivity index (χ1) is 14.8. The highest BCUT2D eigenvalue weighted by Gasteiger charge is 2.28. The van der Waals surface area contributed by atoms with Crippen LogP contribution in [0, 0.1) is 0 Å². The van der Waals surface area contributed by atoms with Gasteiger partial charge >= 0.3 is 0 Å². The summed E-state index contributed by atoms with van der Waals surface area (Å²) in [4.78, 5) is 21.5. The molecular weight excluding hydrogens is 378 g/mol. The van der Waals surface area contributed by atoms with Gasteiger partial charge in [0, 0.05) is 31.9 Å². The molecule has 2 fully saturated rings. The van der Waals surface area contributed by atoms with E-state index in [9.17, 15) is 4.79 Å². The van der Waals surface area contributed by atoms with Crippen LogP contribution in [0.25, 0.3) is 0 Å². The van der Waals surface area contributed by atoms with E-state index in [4.69, 9.17) is 9.47 Å². The summed E-state index contributed by atoms with van der Waals surface area (Å²) in [5.74, 6) is 0.996.